The summed E-state index contributed by atoms with van der Waals surface area (Å²) >= 11 is 0. The molecule has 0 aromatic rings. The van der Waals surface area contributed by atoms with Crippen LogP contribution in [-0.2, 0) is 0 Å². The van der Waals surface area contributed by atoms with Crippen LogP contribution in [0.5, 0.6) is 0 Å². The van der Waals surface area contributed by atoms with Gasteiger partial charge in [0.15, 0.2) is 0 Å². The molecule has 0 radical (unpaired) electrons. The highest BCUT2D eigenvalue weighted by Gasteiger charge is 2.48. The van der Waals surface area contributed by atoms with Crippen LogP contribution in [0, 0.1) is 35.0 Å². The number of hydrogen-bond donors (Lipinski definition) is 0. The first-order chi connectivity index (χ1) is 6.27. The molecule has 0 amide bonds. The molecule has 0 N–H and O–H groups in total. The summed E-state index contributed by atoms with van der Waals surface area (Å²) in [6.45, 7) is 17.0. The second-order valence-corrected chi connectivity index (χ2v) is 6.76. The van der Waals surface area contributed by atoms with Crippen LogP contribution in [0.4, 0.5) is 0 Å². The highest BCUT2D eigenvalue weighted by atomic mass is 14.5. The molecule has 0 saturated heterocycles. The average Bonchev–Trinajstić information content (AvgIpc) is 2.19. The molecule has 84 valence electrons. The molecule has 1 rings (SSSR count). The second-order valence-electron chi connectivity index (χ2n) is 6.76. The van der Waals surface area contributed by atoms with Gasteiger partial charge in [-0.25, -0.2) is 0 Å². The maximum Gasteiger partial charge on any atom is -0.0306 e. The molecular weight excluding hydrogens is 168 g/mol. The Hall–Kier alpha value is 0. The van der Waals surface area contributed by atoms with Crippen LogP contribution in [0.1, 0.15) is 54.9 Å². The van der Waals surface area contributed by atoms with E-state index in [-0.39, 0.29) is 0 Å². The lowest BCUT2D eigenvalue weighted by atomic mass is 9.69. The maximum absolute atomic E-state index is 2.47. The first-order valence-corrected chi connectivity index (χ1v) is 6.27. The average molecular weight is 196 g/mol. The molecule has 0 nitrogen and oxygen atoms in total. The van der Waals surface area contributed by atoms with Crippen LogP contribution in [-0.4, -0.2) is 0 Å². The molecule has 0 bridgehead atoms. The van der Waals surface area contributed by atoms with Crippen molar-refractivity contribution in [3.05, 3.63) is 0 Å². The largest absolute Gasteiger partial charge is 0.0625 e. The summed E-state index contributed by atoms with van der Waals surface area (Å²) in [4.78, 5) is 0. The van der Waals surface area contributed by atoms with E-state index in [1.807, 2.05) is 0 Å². The predicted octanol–water partition coefficient (Wildman–Crippen LogP) is 4.60. The molecule has 0 aliphatic heterocycles. The third kappa shape index (κ3) is 1.99. The van der Waals surface area contributed by atoms with Crippen LogP contribution >= 0.6 is 0 Å². The van der Waals surface area contributed by atoms with E-state index in [0.717, 1.165) is 29.6 Å². The summed E-state index contributed by atoms with van der Waals surface area (Å²) < 4.78 is 0. The van der Waals surface area contributed by atoms with Crippen molar-refractivity contribution in [1.82, 2.24) is 0 Å². The van der Waals surface area contributed by atoms with E-state index in [0.29, 0.717) is 5.41 Å². The Morgan fingerprint density at radius 2 is 1.50 bits per heavy atom. The Bertz CT molecular complexity index is 188. The third-order valence-corrected chi connectivity index (χ3v) is 4.31. The monoisotopic (exact) mass is 196 g/mol. The van der Waals surface area contributed by atoms with Crippen LogP contribution in [0.2, 0.25) is 0 Å². The Morgan fingerprint density at radius 1 is 1.00 bits per heavy atom. The minimum absolute atomic E-state index is 0.558. The van der Waals surface area contributed by atoms with E-state index in [1.54, 1.807) is 0 Å². The van der Waals surface area contributed by atoms with Gasteiger partial charge in [0.2, 0.25) is 0 Å². The van der Waals surface area contributed by atoms with Crippen molar-refractivity contribution >= 4 is 0 Å². The predicted molar refractivity (Wildman–Crippen MR) is 64.2 cm³/mol. The summed E-state index contributed by atoms with van der Waals surface area (Å²) in [6.07, 6.45) is 1.42. The first kappa shape index (κ1) is 12.1. The Kier molecular flexibility index (Phi) is 3.33. The van der Waals surface area contributed by atoms with E-state index in [9.17, 15) is 0 Å². The van der Waals surface area contributed by atoms with Gasteiger partial charge in [0.1, 0.15) is 0 Å². The second kappa shape index (κ2) is 3.87. The zero-order chi connectivity index (χ0) is 11.1. The van der Waals surface area contributed by atoms with E-state index in [2.05, 4.69) is 48.5 Å². The van der Waals surface area contributed by atoms with Crippen molar-refractivity contribution in [2.24, 2.45) is 35.0 Å². The molecule has 1 aliphatic rings. The topological polar surface area (TPSA) is 0 Å². The highest BCUT2D eigenvalue weighted by Crippen LogP contribution is 2.55. The zero-order valence-corrected chi connectivity index (χ0v) is 11.1. The number of hydrogen-bond acceptors (Lipinski definition) is 0. The summed E-state index contributed by atoms with van der Waals surface area (Å²) in [7, 11) is 0. The molecule has 0 aromatic heterocycles. The summed E-state index contributed by atoms with van der Waals surface area (Å²) in [5.41, 5.74) is 0.558. The van der Waals surface area contributed by atoms with Crippen LogP contribution in [0.25, 0.3) is 0 Å². The van der Waals surface area contributed by atoms with Gasteiger partial charge in [-0.05, 0) is 41.4 Å². The SMILES string of the molecule is CC(C)C1C(C)CC(C)(C)C1C(C)C. The minimum atomic E-state index is 0.558. The zero-order valence-electron chi connectivity index (χ0n) is 11.1. The lowest BCUT2D eigenvalue weighted by molar-refractivity contribution is 0.124. The molecule has 0 heteroatoms. The molecule has 1 saturated carbocycles. The van der Waals surface area contributed by atoms with E-state index in [4.69, 9.17) is 0 Å². The van der Waals surface area contributed by atoms with Crippen LogP contribution in [0.15, 0.2) is 0 Å². The first-order valence-electron chi connectivity index (χ1n) is 6.27. The van der Waals surface area contributed by atoms with E-state index >= 15 is 0 Å². The fourth-order valence-electron chi connectivity index (χ4n) is 4.40. The molecule has 0 aromatic carbocycles. The van der Waals surface area contributed by atoms with Crippen molar-refractivity contribution in [3.8, 4) is 0 Å². The molecule has 1 aliphatic carbocycles. The van der Waals surface area contributed by atoms with Gasteiger partial charge in [-0.3, -0.25) is 0 Å². The molecule has 1 fully saturated rings. The van der Waals surface area contributed by atoms with Gasteiger partial charge < -0.3 is 0 Å². The summed E-state index contributed by atoms with van der Waals surface area (Å²) in [6, 6.07) is 0. The van der Waals surface area contributed by atoms with Crippen LogP contribution < -0.4 is 0 Å². The Labute approximate surface area is 90.5 Å². The Morgan fingerprint density at radius 3 is 1.79 bits per heavy atom. The van der Waals surface area contributed by atoms with E-state index < -0.39 is 0 Å². The lowest BCUT2D eigenvalue weighted by Gasteiger charge is -2.36. The van der Waals surface area contributed by atoms with Crippen molar-refractivity contribution in [2.75, 3.05) is 0 Å². The van der Waals surface area contributed by atoms with Crippen molar-refractivity contribution in [1.29, 1.82) is 0 Å². The fraction of sp³-hybridized carbons (Fsp3) is 1.00. The molecule has 3 unspecified atom stereocenters. The smallest absolute Gasteiger partial charge is 0.0306 e. The van der Waals surface area contributed by atoms with Crippen molar-refractivity contribution < 1.29 is 0 Å². The van der Waals surface area contributed by atoms with Gasteiger partial charge in [-0.15, -0.1) is 0 Å². The van der Waals surface area contributed by atoms with Gasteiger partial charge in [0.25, 0.3) is 0 Å². The summed E-state index contributed by atoms with van der Waals surface area (Å²) in [5, 5.41) is 0. The van der Waals surface area contributed by atoms with Crippen molar-refractivity contribution in [2.45, 2.75) is 54.9 Å². The standard InChI is InChI=1S/C14H28/c1-9(2)12-11(5)8-14(6,7)13(12)10(3)4/h9-13H,8H2,1-7H3. The maximum atomic E-state index is 2.47. The van der Waals surface area contributed by atoms with E-state index in [1.165, 1.54) is 6.42 Å². The molecular formula is C14H28. The van der Waals surface area contributed by atoms with Gasteiger partial charge in [0.05, 0.1) is 0 Å². The lowest BCUT2D eigenvalue weighted by Crippen LogP contribution is -2.30. The minimum Gasteiger partial charge on any atom is -0.0625 e. The molecule has 14 heavy (non-hydrogen) atoms. The highest BCUT2D eigenvalue weighted by molar-refractivity contribution is 4.96. The Balaban J connectivity index is 2.93. The quantitative estimate of drug-likeness (QED) is 0.605. The van der Waals surface area contributed by atoms with Gasteiger partial charge in [-0.2, -0.15) is 0 Å². The fourth-order valence-corrected chi connectivity index (χ4v) is 4.40. The van der Waals surface area contributed by atoms with Gasteiger partial charge in [-0.1, -0.05) is 48.5 Å². The van der Waals surface area contributed by atoms with Crippen LogP contribution in [0.3, 0.4) is 0 Å². The van der Waals surface area contributed by atoms with Gasteiger partial charge >= 0.3 is 0 Å². The number of rotatable bonds is 2. The van der Waals surface area contributed by atoms with Crippen molar-refractivity contribution in [3.63, 3.8) is 0 Å². The third-order valence-electron chi connectivity index (χ3n) is 4.31. The van der Waals surface area contributed by atoms with Gasteiger partial charge in [0, 0.05) is 0 Å². The summed E-state index contributed by atoms with van der Waals surface area (Å²) in [5.74, 6) is 4.45. The molecule has 0 spiro atoms. The molecule has 0 heterocycles. The normalized spacial score (nSPS) is 37.1. The molecule has 3 atom stereocenters.